The molecule has 26 heavy (non-hydrogen) atoms. The second-order valence-electron chi connectivity index (χ2n) is 5.36. The van der Waals surface area contributed by atoms with E-state index in [1.807, 2.05) is 0 Å². The van der Waals surface area contributed by atoms with Crippen LogP contribution >= 0.6 is 8.53 Å². The Bertz CT molecular complexity index is 376. The van der Waals surface area contributed by atoms with E-state index in [0.717, 1.165) is 0 Å². The number of nitrogens with two attached hydrogens (primary N) is 2. The Morgan fingerprint density at radius 1 is 1.23 bits per heavy atom. The topological polar surface area (TPSA) is 252 Å². The van der Waals surface area contributed by atoms with E-state index >= 15 is 0 Å². The van der Waals surface area contributed by atoms with Gasteiger partial charge in [0.15, 0.2) is 6.29 Å². The van der Waals surface area contributed by atoms with Crippen LogP contribution in [0.5, 0.6) is 0 Å². The molecule has 158 valence electrons. The van der Waals surface area contributed by atoms with Gasteiger partial charge < -0.3 is 56.2 Å². The molecule has 1 fully saturated rings. The average molecular weight is 407 g/mol. The summed E-state index contributed by atoms with van der Waals surface area (Å²) in [6.45, 7) is 2.07. The van der Waals surface area contributed by atoms with Crippen molar-refractivity contribution < 1.29 is 50.0 Å². The number of carbonyl (C=O) groups is 1. The van der Waals surface area contributed by atoms with E-state index in [1.54, 1.807) is 6.92 Å². The standard InChI is InChI=1S/C8H15NO6.C4H11NO2.H4NO2P/c1-3(11)9-5-7(13)6(12)4(2-10)15-8(5)14;1-3(7)4(5)2-6;1-4(2)3/h4-8,10,12-14H,2H2,1H3,(H,9,11);3-4,6-7H,2,5H2,1H3;2-3H,1H2/t4-,5-,6+,7-,8?;3-,4-;/m10./s1. The normalized spacial score (nSPS) is 30.3. The van der Waals surface area contributed by atoms with E-state index < -0.39 is 63.8 Å². The maximum Gasteiger partial charge on any atom is 0.247 e. The summed E-state index contributed by atoms with van der Waals surface area (Å²) in [7, 11) is -2.12. The molecular weight excluding hydrogens is 377 g/mol. The molecule has 0 spiro atoms. The van der Waals surface area contributed by atoms with Crippen LogP contribution in [0.15, 0.2) is 0 Å². The van der Waals surface area contributed by atoms with Gasteiger partial charge in [-0.15, -0.1) is 0 Å². The van der Waals surface area contributed by atoms with Gasteiger partial charge >= 0.3 is 0 Å². The van der Waals surface area contributed by atoms with Crippen LogP contribution in [0.2, 0.25) is 0 Å². The summed E-state index contributed by atoms with van der Waals surface area (Å²) < 4.78 is 4.81. The molecule has 0 bridgehead atoms. The Morgan fingerprint density at radius 2 is 1.69 bits per heavy atom. The third-order valence-electron chi connectivity index (χ3n) is 3.10. The van der Waals surface area contributed by atoms with Crippen molar-refractivity contribution in [3.8, 4) is 0 Å². The maximum absolute atomic E-state index is 10.7. The SMILES string of the molecule is CC(=O)N[C@H]1C(O)O[C@H](CO)[C@H](O)[C@@H]1O.C[C@H](O)[C@@H](N)CO.NP(O)O. The zero-order valence-corrected chi connectivity index (χ0v) is 15.3. The third-order valence-corrected chi connectivity index (χ3v) is 3.10. The molecule has 1 amide bonds. The molecule has 1 unspecified atom stereocenters. The molecule has 0 aromatic heterocycles. The van der Waals surface area contributed by atoms with Gasteiger partial charge in [0.25, 0.3) is 0 Å². The number of hydrogen-bond donors (Lipinski definition) is 11. The highest BCUT2D eigenvalue weighted by Gasteiger charge is 2.43. The molecule has 1 rings (SSSR count). The number of rotatable bonds is 4. The van der Waals surface area contributed by atoms with E-state index in [-0.39, 0.29) is 6.61 Å². The predicted octanol–water partition coefficient (Wildman–Crippen LogP) is -5.23. The first-order valence-corrected chi connectivity index (χ1v) is 8.75. The predicted molar refractivity (Wildman–Crippen MR) is 89.9 cm³/mol. The highest BCUT2D eigenvalue weighted by Crippen LogP contribution is 2.19. The summed E-state index contributed by atoms with van der Waals surface area (Å²) in [5.74, 6) is -0.462. The fourth-order valence-corrected chi connectivity index (χ4v) is 1.64. The first kappa shape index (κ1) is 27.7. The van der Waals surface area contributed by atoms with Gasteiger partial charge in [0, 0.05) is 6.92 Å². The molecule has 0 aliphatic carbocycles. The molecule has 14 heteroatoms. The summed E-state index contributed by atoms with van der Waals surface area (Å²) in [6.07, 6.45) is -5.85. The number of aliphatic hydroxyl groups is 6. The number of carbonyl (C=O) groups excluding carboxylic acids is 1. The zero-order chi connectivity index (χ0) is 21.0. The fourth-order valence-electron chi connectivity index (χ4n) is 1.64. The van der Waals surface area contributed by atoms with Crippen molar-refractivity contribution in [2.45, 2.75) is 56.6 Å². The van der Waals surface area contributed by atoms with Crippen LogP contribution in [0.25, 0.3) is 0 Å². The van der Waals surface area contributed by atoms with Gasteiger partial charge in [-0.3, -0.25) is 10.3 Å². The van der Waals surface area contributed by atoms with Gasteiger partial charge in [-0.25, -0.2) is 0 Å². The molecule has 0 radical (unpaired) electrons. The van der Waals surface area contributed by atoms with E-state index in [2.05, 4.69) is 10.8 Å². The van der Waals surface area contributed by atoms with Crippen molar-refractivity contribution in [2.75, 3.05) is 13.2 Å². The zero-order valence-electron chi connectivity index (χ0n) is 14.5. The lowest BCUT2D eigenvalue weighted by molar-refractivity contribution is -0.253. The Morgan fingerprint density at radius 3 is 1.96 bits per heavy atom. The molecule has 13 nitrogen and oxygen atoms in total. The maximum atomic E-state index is 10.7. The highest BCUT2D eigenvalue weighted by atomic mass is 31.2. The average Bonchev–Trinajstić information content (AvgIpc) is 2.53. The Kier molecular flexibility index (Phi) is 15.4. The molecular formula is C12H30N3O10P. The van der Waals surface area contributed by atoms with Gasteiger partial charge in [-0.05, 0) is 6.92 Å². The van der Waals surface area contributed by atoms with Crippen LogP contribution in [-0.2, 0) is 9.53 Å². The number of hydrogen-bond acceptors (Lipinski definition) is 12. The second kappa shape index (κ2) is 14.5. The largest absolute Gasteiger partial charge is 0.395 e. The molecule has 1 saturated heterocycles. The number of nitrogens with one attached hydrogen (secondary N) is 1. The van der Waals surface area contributed by atoms with Crippen molar-refractivity contribution in [1.82, 2.24) is 5.32 Å². The van der Waals surface area contributed by atoms with Crippen molar-refractivity contribution in [3.63, 3.8) is 0 Å². The lowest BCUT2D eigenvalue weighted by Gasteiger charge is -2.40. The Balaban J connectivity index is 0. The molecule has 13 N–H and O–H groups in total. The van der Waals surface area contributed by atoms with Crippen LogP contribution < -0.4 is 16.6 Å². The number of aliphatic hydroxyl groups excluding tert-OH is 6. The Labute approximate surface area is 151 Å². The minimum Gasteiger partial charge on any atom is -0.395 e. The molecule has 0 saturated carbocycles. The molecule has 0 aromatic carbocycles. The van der Waals surface area contributed by atoms with Gasteiger partial charge in [0.05, 0.1) is 25.4 Å². The van der Waals surface area contributed by atoms with Crippen LogP contribution in [0.3, 0.4) is 0 Å². The first-order valence-electron chi connectivity index (χ1n) is 7.43. The van der Waals surface area contributed by atoms with E-state index in [0.29, 0.717) is 0 Å². The van der Waals surface area contributed by atoms with Crippen molar-refractivity contribution >= 4 is 14.4 Å². The van der Waals surface area contributed by atoms with Crippen molar-refractivity contribution in [3.05, 3.63) is 0 Å². The molecule has 0 aromatic rings. The second-order valence-corrected chi connectivity index (χ2v) is 6.00. The highest BCUT2D eigenvalue weighted by molar-refractivity contribution is 7.42. The Hall–Kier alpha value is -0.540. The fraction of sp³-hybridized carbons (Fsp3) is 0.917. The summed E-state index contributed by atoms with van der Waals surface area (Å²) in [6, 6.07) is -1.58. The van der Waals surface area contributed by atoms with Crippen LogP contribution in [0, 0.1) is 0 Å². The van der Waals surface area contributed by atoms with E-state index in [1.165, 1.54) is 6.92 Å². The summed E-state index contributed by atoms with van der Waals surface area (Å²) >= 11 is 0. The van der Waals surface area contributed by atoms with Crippen molar-refractivity contribution in [2.24, 2.45) is 11.2 Å². The molecule has 1 aliphatic heterocycles. The van der Waals surface area contributed by atoms with Gasteiger partial charge in [-0.1, -0.05) is 0 Å². The molecule has 1 heterocycles. The minimum atomic E-state index is -2.12. The summed E-state index contributed by atoms with van der Waals surface area (Å²) in [5.41, 5.74) is 9.40. The molecule has 7 atom stereocenters. The van der Waals surface area contributed by atoms with Gasteiger partial charge in [0.1, 0.15) is 24.4 Å². The third kappa shape index (κ3) is 12.0. The lowest BCUT2D eigenvalue weighted by atomic mass is 9.97. The summed E-state index contributed by atoms with van der Waals surface area (Å²) in [5, 5.41) is 56.1. The quantitative estimate of drug-likeness (QED) is 0.195. The van der Waals surface area contributed by atoms with Crippen molar-refractivity contribution in [1.29, 1.82) is 0 Å². The van der Waals surface area contributed by atoms with Crippen LogP contribution in [0.4, 0.5) is 0 Å². The smallest absolute Gasteiger partial charge is 0.247 e. The van der Waals surface area contributed by atoms with Gasteiger partial charge in [0.2, 0.25) is 14.4 Å². The number of amides is 1. The lowest BCUT2D eigenvalue weighted by Crippen LogP contribution is -2.63. The number of ether oxygens (including phenoxy) is 1. The van der Waals surface area contributed by atoms with Crippen LogP contribution in [-0.4, -0.2) is 102 Å². The molecule has 1 aliphatic rings. The van der Waals surface area contributed by atoms with E-state index in [4.69, 9.17) is 35.6 Å². The van der Waals surface area contributed by atoms with E-state index in [9.17, 15) is 20.1 Å². The first-order chi connectivity index (χ1) is 11.9. The van der Waals surface area contributed by atoms with Crippen LogP contribution in [0.1, 0.15) is 13.8 Å². The monoisotopic (exact) mass is 407 g/mol. The minimum absolute atomic E-state index is 0.155. The summed E-state index contributed by atoms with van der Waals surface area (Å²) in [4.78, 5) is 25.6. The van der Waals surface area contributed by atoms with Gasteiger partial charge in [-0.2, -0.15) is 0 Å².